The Morgan fingerprint density at radius 2 is 1.76 bits per heavy atom. The molecule has 0 unspecified atom stereocenters. The van der Waals surface area contributed by atoms with Crippen LogP contribution in [0.2, 0.25) is 0 Å². The lowest BCUT2D eigenvalue weighted by atomic mass is 10.0. The summed E-state index contributed by atoms with van der Waals surface area (Å²) >= 11 is 0. The van der Waals surface area contributed by atoms with Crippen LogP contribution in [-0.4, -0.2) is 56.9 Å². The number of hydrogen-bond donors (Lipinski definition) is 1. The molecule has 25 heavy (non-hydrogen) atoms. The second-order valence-electron chi connectivity index (χ2n) is 7.08. The van der Waals surface area contributed by atoms with Crippen LogP contribution >= 0.6 is 0 Å². The van der Waals surface area contributed by atoms with E-state index in [9.17, 15) is 0 Å². The molecule has 134 valence electrons. The van der Waals surface area contributed by atoms with Crippen molar-refractivity contribution in [2.75, 3.05) is 36.8 Å². The highest BCUT2D eigenvalue weighted by Gasteiger charge is 2.28. The van der Waals surface area contributed by atoms with E-state index < -0.39 is 0 Å². The van der Waals surface area contributed by atoms with E-state index in [1.165, 1.54) is 51.6 Å². The third kappa shape index (κ3) is 3.46. The maximum atomic E-state index is 6.41. The van der Waals surface area contributed by atoms with Crippen molar-refractivity contribution in [1.82, 2.24) is 24.6 Å². The maximum Gasteiger partial charge on any atom is 0.181 e. The van der Waals surface area contributed by atoms with Gasteiger partial charge in [-0.3, -0.25) is 4.90 Å². The van der Waals surface area contributed by atoms with Crippen LogP contribution in [0.1, 0.15) is 38.5 Å². The van der Waals surface area contributed by atoms with Crippen molar-refractivity contribution in [2.45, 2.75) is 44.6 Å². The molecule has 1 atom stereocenters. The van der Waals surface area contributed by atoms with E-state index in [-0.39, 0.29) is 0 Å². The summed E-state index contributed by atoms with van der Waals surface area (Å²) in [6.07, 6.45) is 13.0. The first-order valence-electron chi connectivity index (χ1n) is 9.42. The Balaban J connectivity index is 1.54. The van der Waals surface area contributed by atoms with Crippen molar-refractivity contribution < 1.29 is 0 Å². The zero-order chi connectivity index (χ0) is 17.1. The molecule has 0 aromatic carbocycles. The predicted octanol–water partition coefficient (Wildman–Crippen LogP) is 2.09. The highest BCUT2D eigenvalue weighted by molar-refractivity contribution is 5.70. The molecule has 0 aliphatic carbocycles. The van der Waals surface area contributed by atoms with Crippen molar-refractivity contribution in [1.29, 1.82) is 0 Å². The maximum absolute atomic E-state index is 6.41. The van der Waals surface area contributed by atoms with Gasteiger partial charge in [0.25, 0.3) is 0 Å². The van der Waals surface area contributed by atoms with Crippen LogP contribution < -0.4 is 10.6 Å². The molecule has 0 radical (unpaired) electrons. The van der Waals surface area contributed by atoms with Gasteiger partial charge in [-0.2, -0.15) is 5.10 Å². The first-order valence-corrected chi connectivity index (χ1v) is 9.42. The number of nitrogen functional groups attached to an aromatic ring is 1. The van der Waals surface area contributed by atoms with Crippen molar-refractivity contribution >= 4 is 11.5 Å². The Morgan fingerprint density at radius 1 is 0.960 bits per heavy atom. The monoisotopic (exact) mass is 341 g/mol. The summed E-state index contributed by atoms with van der Waals surface area (Å²) in [4.78, 5) is 13.8. The van der Waals surface area contributed by atoms with Gasteiger partial charge in [0.2, 0.25) is 0 Å². The minimum Gasteiger partial charge on any atom is -0.393 e. The Hall–Kier alpha value is -2.15. The lowest BCUT2D eigenvalue weighted by Gasteiger charge is -2.39. The molecule has 2 N–H and O–H groups in total. The molecule has 0 amide bonds. The molecule has 2 aromatic rings. The van der Waals surface area contributed by atoms with Gasteiger partial charge in [0, 0.05) is 31.5 Å². The van der Waals surface area contributed by atoms with Crippen LogP contribution in [0.4, 0.5) is 11.5 Å². The Kier molecular flexibility index (Phi) is 4.83. The molecule has 0 saturated carbocycles. The van der Waals surface area contributed by atoms with Crippen LogP contribution in [0.25, 0.3) is 5.82 Å². The Labute approximate surface area is 148 Å². The number of aromatic nitrogens is 4. The van der Waals surface area contributed by atoms with Gasteiger partial charge < -0.3 is 10.6 Å². The van der Waals surface area contributed by atoms with E-state index in [0.717, 1.165) is 18.9 Å². The lowest BCUT2D eigenvalue weighted by molar-refractivity contribution is 0.182. The fourth-order valence-electron chi connectivity index (χ4n) is 4.11. The van der Waals surface area contributed by atoms with Gasteiger partial charge in [-0.25, -0.2) is 14.6 Å². The molecule has 7 heteroatoms. The summed E-state index contributed by atoms with van der Waals surface area (Å²) in [5.74, 6) is 1.51. The van der Waals surface area contributed by atoms with Gasteiger partial charge in [0.05, 0.1) is 0 Å². The Morgan fingerprint density at radius 3 is 2.52 bits per heavy atom. The van der Waals surface area contributed by atoms with E-state index in [4.69, 9.17) is 5.73 Å². The highest BCUT2D eigenvalue weighted by atomic mass is 15.3. The quantitative estimate of drug-likeness (QED) is 0.921. The fourth-order valence-corrected chi connectivity index (χ4v) is 4.11. The van der Waals surface area contributed by atoms with Crippen molar-refractivity contribution in [3.8, 4) is 5.82 Å². The molecule has 4 heterocycles. The van der Waals surface area contributed by atoms with E-state index in [1.807, 2.05) is 12.3 Å². The largest absolute Gasteiger partial charge is 0.393 e. The molecule has 2 aromatic heterocycles. The smallest absolute Gasteiger partial charge is 0.181 e. The molecule has 0 bridgehead atoms. The molecule has 2 fully saturated rings. The second-order valence-corrected chi connectivity index (χ2v) is 7.08. The summed E-state index contributed by atoms with van der Waals surface area (Å²) in [6.45, 7) is 4.47. The van der Waals surface area contributed by atoms with Gasteiger partial charge in [-0.1, -0.05) is 12.8 Å². The van der Waals surface area contributed by atoms with E-state index >= 15 is 0 Å². The SMILES string of the molecule is Nc1c(N2CCC[C@@H](N3CCCCCC3)C2)ncnc1-n1cccn1. The van der Waals surface area contributed by atoms with Crippen LogP contribution in [0.3, 0.4) is 0 Å². The minimum atomic E-state index is 0.606. The third-order valence-corrected chi connectivity index (χ3v) is 5.42. The van der Waals surface area contributed by atoms with E-state index in [2.05, 4.69) is 24.9 Å². The molecule has 0 spiro atoms. The highest BCUT2D eigenvalue weighted by Crippen LogP contribution is 2.29. The van der Waals surface area contributed by atoms with Crippen LogP contribution in [0.15, 0.2) is 24.8 Å². The molecule has 7 nitrogen and oxygen atoms in total. The number of piperidine rings is 1. The zero-order valence-electron chi connectivity index (χ0n) is 14.7. The summed E-state index contributed by atoms with van der Waals surface area (Å²) in [6, 6.07) is 2.48. The minimum absolute atomic E-state index is 0.606. The number of hydrogen-bond acceptors (Lipinski definition) is 6. The van der Waals surface area contributed by atoms with Gasteiger partial charge in [0.1, 0.15) is 12.0 Å². The summed E-state index contributed by atoms with van der Waals surface area (Å²) in [5.41, 5.74) is 7.03. The van der Waals surface area contributed by atoms with Crippen LogP contribution in [0.5, 0.6) is 0 Å². The standard InChI is InChI=1S/C18H27N7/c19-16-17(20-14-21-18(16)25-12-6-8-22-25)24-11-5-7-15(13-24)23-9-3-1-2-4-10-23/h6,8,12,14-15H,1-5,7,9-11,13,19H2/t15-/m1/s1. The van der Waals surface area contributed by atoms with Gasteiger partial charge in [-0.15, -0.1) is 0 Å². The zero-order valence-corrected chi connectivity index (χ0v) is 14.7. The number of rotatable bonds is 3. The van der Waals surface area contributed by atoms with Gasteiger partial charge >= 0.3 is 0 Å². The molecule has 4 rings (SSSR count). The van der Waals surface area contributed by atoms with Crippen molar-refractivity contribution in [3.05, 3.63) is 24.8 Å². The summed E-state index contributed by atoms with van der Waals surface area (Å²) in [5, 5.41) is 4.25. The van der Waals surface area contributed by atoms with Crippen LogP contribution in [-0.2, 0) is 0 Å². The summed E-state index contributed by atoms with van der Waals surface area (Å²) in [7, 11) is 0. The van der Waals surface area contributed by atoms with E-state index in [1.54, 1.807) is 17.2 Å². The first-order chi connectivity index (χ1) is 12.3. The lowest BCUT2D eigenvalue weighted by Crippen LogP contribution is -2.48. The first kappa shape index (κ1) is 16.3. The van der Waals surface area contributed by atoms with Crippen molar-refractivity contribution in [3.63, 3.8) is 0 Å². The topological polar surface area (TPSA) is 76.1 Å². The molecule has 2 saturated heterocycles. The van der Waals surface area contributed by atoms with Crippen molar-refractivity contribution in [2.24, 2.45) is 0 Å². The predicted molar refractivity (Wildman–Crippen MR) is 98.8 cm³/mol. The molecular weight excluding hydrogens is 314 g/mol. The average Bonchev–Trinajstić information content (AvgIpc) is 3.04. The third-order valence-electron chi connectivity index (χ3n) is 5.42. The number of anilines is 2. The number of nitrogens with zero attached hydrogens (tertiary/aromatic N) is 6. The number of likely N-dealkylation sites (tertiary alicyclic amines) is 1. The molecule has 2 aliphatic heterocycles. The fraction of sp³-hybridized carbons (Fsp3) is 0.611. The van der Waals surface area contributed by atoms with E-state index in [0.29, 0.717) is 17.5 Å². The van der Waals surface area contributed by atoms with Crippen LogP contribution in [0, 0.1) is 0 Å². The molecule has 2 aliphatic rings. The second kappa shape index (κ2) is 7.39. The average molecular weight is 341 g/mol. The van der Waals surface area contributed by atoms with Gasteiger partial charge in [-0.05, 0) is 44.8 Å². The normalized spacial score (nSPS) is 22.7. The Bertz CT molecular complexity index is 677. The summed E-state index contributed by atoms with van der Waals surface area (Å²) < 4.78 is 1.71. The van der Waals surface area contributed by atoms with Gasteiger partial charge in [0.15, 0.2) is 11.6 Å². The number of nitrogens with two attached hydrogens (primary N) is 1. The molecular formula is C18H27N7.